The molecule has 0 aliphatic carbocycles. The molecule has 0 saturated carbocycles. The molecule has 22 nitrogen and oxygen atoms in total. The molecule has 0 atom stereocenters. The Hall–Kier alpha value is -11.1. The van der Waals surface area contributed by atoms with Gasteiger partial charge in [0.05, 0.1) is 84.2 Å². The van der Waals surface area contributed by atoms with Crippen molar-refractivity contribution >= 4 is 133 Å². The molecule has 1 saturated heterocycles. The topological polar surface area (TPSA) is 281 Å². The van der Waals surface area contributed by atoms with E-state index in [9.17, 15) is 54.7 Å². The van der Waals surface area contributed by atoms with Crippen molar-refractivity contribution in [3.63, 3.8) is 0 Å². The second-order valence-corrected chi connectivity index (χ2v) is 30.4. The molecule has 1 fully saturated rings. The molecule has 8 aromatic carbocycles. The van der Waals surface area contributed by atoms with Crippen molar-refractivity contribution in [1.29, 1.82) is 0 Å². The molecule has 15 rings (SSSR count). The highest BCUT2D eigenvalue weighted by Crippen LogP contribution is 2.38. The van der Waals surface area contributed by atoms with E-state index in [2.05, 4.69) is 51.5 Å². The first-order valence-corrected chi connectivity index (χ1v) is 38.0. The van der Waals surface area contributed by atoms with Gasteiger partial charge in [-0.05, 0) is 179 Å². The number of rotatable bonds is 11. The molecular weight excluding hydrogens is 1700 g/mol. The lowest BCUT2D eigenvalue weighted by Crippen LogP contribution is -2.41. The van der Waals surface area contributed by atoms with E-state index in [4.69, 9.17) is 102 Å². The van der Waals surface area contributed by atoms with Crippen LogP contribution in [0.2, 0.25) is 25.1 Å². The van der Waals surface area contributed by atoms with Gasteiger partial charge in [-0.1, -0.05) is 110 Å². The summed E-state index contributed by atoms with van der Waals surface area (Å²) >= 11 is 32.1. The molecule has 7 heterocycles. The van der Waals surface area contributed by atoms with Crippen LogP contribution in [0.1, 0.15) is 94.3 Å². The lowest BCUT2D eigenvalue weighted by atomic mass is 9.79. The fraction of sp³-hybridized carbons (Fsp3) is 0.210. The van der Waals surface area contributed by atoms with E-state index in [1.807, 2.05) is 27.7 Å². The Labute approximate surface area is 699 Å². The highest BCUT2D eigenvalue weighted by Gasteiger charge is 2.52. The van der Waals surface area contributed by atoms with E-state index < -0.39 is 71.2 Å². The lowest BCUT2D eigenvalue weighted by Gasteiger charge is -2.32. The minimum atomic E-state index is -0.757. The summed E-state index contributed by atoms with van der Waals surface area (Å²) in [4.78, 5) is 67.6. The van der Waals surface area contributed by atoms with E-state index in [-0.39, 0.29) is 73.9 Å². The Morgan fingerprint density at radius 2 is 1.01 bits per heavy atom. The Bertz CT molecular complexity index is 5450. The Morgan fingerprint density at radius 3 is 1.49 bits per heavy atom. The molecule has 604 valence electrons. The van der Waals surface area contributed by atoms with Gasteiger partial charge in [0.15, 0.2) is 0 Å². The summed E-state index contributed by atoms with van der Waals surface area (Å²) in [5.41, 5.74) is 21.7. The second kappa shape index (κ2) is 38.8. The van der Waals surface area contributed by atoms with Crippen LogP contribution >= 0.6 is 73.9 Å². The molecule has 3 aromatic heterocycles. The van der Waals surface area contributed by atoms with Gasteiger partial charge in [-0.3, -0.25) is 38.5 Å². The number of hydrogen-bond donors (Lipinski definition) is 5. The predicted octanol–water partition coefficient (Wildman–Crippen LogP) is 18.0. The van der Waals surface area contributed by atoms with Crippen LogP contribution in [0.5, 0.6) is 5.75 Å². The van der Waals surface area contributed by atoms with Crippen molar-refractivity contribution < 1.29 is 68.8 Å². The number of nitrogens with one attached hydrogen (secondary N) is 2. The molecule has 0 spiro atoms. The van der Waals surface area contributed by atoms with Crippen molar-refractivity contribution in [1.82, 2.24) is 39.6 Å². The van der Waals surface area contributed by atoms with E-state index in [1.54, 1.807) is 68.6 Å². The maximum atomic E-state index is 13.9. The van der Waals surface area contributed by atoms with E-state index in [0.29, 0.717) is 102 Å². The van der Waals surface area contributed by atoms with E-state index in [1.165, 1.54) is 95.9 Å². The molecule has 0 radical (unpaired) electrons. The quantitative estimate of drug-likeness (QED) is 0.0459. The third-order valence-electron chi connectivity index (χ3n) is 18.4. The number of aromatic nitrogens is 6. The van der Waals surface area contributed by atoms with Crippen molar-refractivity contribution in [3.05, 3.63) is 290 Å². The van der Waals surface area contributed by atoms with Crippen LogP contribution in [-0.2, 0) is 59.7 Å². The van der Waals surface area contributed by atoms with Gasteiger partial charge >= 0.3 is 13.2 Å². The fourth-order valence-electron chi connectivity index (χ4n) is 12.4. The molecule has 117 heavy (non-hydrogen) atoms. The largest absolute Gasteiger partial charge is 0.494 e. The van der Waals surface area contributed by atoms with Crippen molar-refractivity contribution in [2.75, 3.05) is 18.4 Å². The number of benzene rings is 8. The molecule has 8 N–H and O–H groups in total. The number of amides is 5. The van der Waals surface area contributed by atoms with Crippen LogP contribution in [0.15, 0.2) is 162 Å². The standard InChI is InChI=1S/C22H16ClF2N5O2.C14H13ClFN3O.C14H9FN2O2.C13H12ClFN4O.C12H15BClFO2.C6H3BrClF/c1-27-17-3-2-12(6-16(17)25)7-19(31)29-4-5-30-18(11-29)20(22(26)32)21(28-30)13-8-14(23)10-15(24)9-13;15-9-5-8(6-10(16)7-9)13-12(14(17)20)11-3-1-2-4-19(11)18-13;1-16-13-8-7-10(9-12(13)15)17-14(18)19-11-5-3-2-4-6-11;14-8-3-7(4-9(15)5-8)12-11(13(16)20)10-6-17-1-2-19(10)18-12;1-11(2)12(3,4)17-13(16-11)8-5-9(14)7-10(15)6-8;7-4-1-5(8)3-6(9)2-4/h2-3,6,8-10H,4-5,7,11H2,(H2,26,32);5-7H,1-4H2,(H2,17,20);2-9H,(H,17,18);3-5,17H,1-2,6H2,(H2,16,20);5-7H,1-4H3;1-3H. The smallest absolute Gasteiger partial charge is 0.410 e. The monoisotopic (exact) mass is 1760 g/mol. The lowest BCUT2D eigenvalue weighted by molar-refractivity contribution is -0.132. The van der Waals surface area contributed by atoms with Crippen LogP contribution in [0, 0.1) is 53.9 Å². The van der Waals surface area contributed by atoms with Gasteiger partial charge in [-0.15, -0.1) is 0 Å². The fourth-order valence-corrected chi connectivity index (χ4v) is 14.1. The number of carbonyl (C=O) groups is 5. The number of anilines is 1. The molecule has 5 amide bonds. The van der Waals surface area contributed by atoms with Gasteiger partial charge < -0.3 is 41.5 Å². The van der Waals surface area contributed by atoms with E-state index >= 15 is 0 Å². The second-order valence-electron chi connectivity index (χ2n) is 27.3. The minimum Gasteiger partial charge on any atom is -0.410 e. The Balaban J connectivity index is 0.000000153. The summed E-state index contributed by atoms with van der Waals surface area (Å²) in [6.07, 6.45) is 1.97. The summed E-state index contributed by atoms with van der Waals surface area (Å²) in [6, 6.07) is 36.9. The van der Waals surface area contributed by atoms with Crippen molar-refractivity contribution in [2.45, 2.75) is 97.3 Å². The molecule has 4 aliphatic heterocycles. The number of halogens is 13. The minimum absolute atomic E-state index is 0.0653. The SMILES string of the molecule is CC1(C)OB(c2cc(F)cc(Cl)c2)OC1(C)C.Fc1cc(Cl)cc(Br)c1.NC(=O)c1c(-c2cc(F)cc(Cl)c2)nn2c1CCCC2.NC(=O)c1c(-c2cc(F)cc(Cl)c2)nn2c1CNCC2.[C-]#[N+]c1ccc(CC(=O)N2CCn3nc(-c4cc(F)cc(Cl)c4)c(C(N)=O)c3C2)cc1F.[C-]#[N+]c1ccc(NC(=O)Oc2ccccc2)cc1F. The van der Waals surface area contributed by atoms with Crippen LogP contribution in [0.3, 0.4) is 0 Å². The average molecular weight is 1770 g/mol. The summed E-state index contributed by atoms with van der Waals surface area (Å²) in [5.74, 6) is -5.37. The molecule has 0 unspecified atom stereocenters. The molecule has 11 aromatic rings. The zero-order valence-electron chi connectivity index (χ0n) is 62.3. The first kappa shape index (κ1) is 88.3. The number of nitrogens with two attached hydrogens (primary N) is 3. The summed E-state index contributed by atoms with van der Waals surface area (Å²) in [5, 5.41) is 20.1. The maximum absolute atomic E-state index is 13.9. The number of primary amides is 3. The molecule has 0 bridgehead atoms. The first-order chi connectivity index (χ1) is 55.5. The third kappa shape index (κ3) is 22.8. The summed E-state index contributed by atoms with van der Waals surface area (Å²) < 4.78 is 116. The van der Waals surface area contributed by atoms with Crippen LogP contribution in [0.25, 0.3) is 43.5 Å². The predicted molar refractivity (Wildman–Crippen MR) is 435 cm³/mol. The Morgan fingerprint density at radius 1 is 0.547 bits per heavy atom. The number of fused-ring (bicyclic) bond motifs is 3. The number of carbonyl (C=O) groups excluding carboxylic acids is 5. The number of aryl methyl sites for hydroxylation is 1. The normalized spacial score (nSPS) is 13.8. The van der Waals surface area contributed by atoms with Gasteiger partial charge in [-0.2, -0.15) is 15.3 Å². The number of nitrogens with zero attached hydrogens (tertiary/aromatic N) is 9. The van der Waals surface area contributed by atoms with Crippen LogP contribution < -0.4 is 38.0 Å². The van der Waals surface area contributed by atoms with Gasteiger partial charge in [0, 0.05) is 78.1 Å². The zero-order chi connectivity index (χ0) is 84.9. The van der Waals surface area contributed by atoms with Crippen LogP contribution in [-0.4, -0.2) is 95.4 Å². The highest BCUT2D eigenvalue weighted by molar-refractivity contribution is 9.10. The summed E-state index contributed by atoms with van der Waals surface area (Å²) in [6.45, 7) is 24.8. The zero-order valence-corrected chi connectivity index (χ0v) is 67.7. The number of ether oxygens (including phenoxy) is 1. The summed E-state index contributed by atoms with van der Waals surface area (Å²) in [7, 11) is -0.576. The van der Waals surface area contributed by atoms with Crippen LogP contribution in [0.4, 0.5) is 52.6 Å². The Kier molecular flexibility index (Phi) is 29.3. The van der Waals surface area contributed by atoms with Crippen molar-refractivity contribution in [3.8, 4) is 39.5 Å². The molecule has 4 aliphatic rings. The number of para-hydroxylation sites is 1. The highest BCUT2D eigenvalue weighted by atomic mass is 79.9. The first-order valence-electron chi connectivity index (χ1n) is 35.3. The molecular formula is C81H68BBrCl5F7N14O8. The van der Waals surface area contributed by atoms with Gasteiger partial charge in [0.25, 0.3) is 17.7 Å². The van der Waals surface area contributed by atoms with E-state index in [0.717, 1.165) is 55.9 Å². The van der Waals surface area contributed by atoms with Gasteiger partial charge in [-0.25, -0.2) is 45.2 Å². The third-order valence-corrected chi connectivity index (χ3v) is 20.0. The average Bonchev–Trinajstić information content (AvgIpc) is 1.66. The molecule has 36 heteroatoms. The van der Waals surface area contributed by atoms with Gasteiger partial charge in [0.1, 0.15) is 63.6 Å². The maximum Gasteiger partial charge on any atom is 0.494 e. The number of hydrogen-bond acceptors (Lipinski definition) is 12. The van der Waals surface area contributed by atoms with Gasteiger partial charge in [0.2, 0.25) is 17.3 Å². The van der Waals surface area contributed by atoms with Crippen molar-refractivity contribution in [2.24, 2.45) is 17.2 Å².